The Morgan fingerprint density at radius 2 is 1.92 bits per heavy atom. The van der Waals surface area contributed by atoms with Crippen LogP contribution in [0, 0.1) is 0 Å². The lowest BCUT2D eigenvalue weighted by Gasteiger charge is -2.34. The van der Waals surface area contributed by atoms with Crippen molar-refractivity contribution >= 4 is 23.2 Å². The first-order chi connectivity index (χ1) is 11.3. The first-order valence-electron chi connectivity index (χ1n) is 7.92. The number of nitrogens with one attached hydrogen (secondary N) is 1. The van der Waals surface area contributed by atoms with E-state index in [1.807, 2.05) is 0 Å². The number of anilines is 1. The normalized spacial score (nSPS) is 16.3. The van der Waals surface area contributed by atoms with Gasteiger partial charge in [-0.1, -0.05) is 18.5 Å². The van der Waals surface area contributed by atoms with E-state index in [1.54, 1.807) is 4.90 Å². The third kappa shape index (κ3) is 5.01. The van der Waals surface area contributed by atoms with E-state index in [4.69, 9.17) is 11.6 Å². The lowest BCUT2D eigenvalue weighted by Crippen LogP contribution is -2.48. The highest BCUT2D eigenvalue weighted by Gasteiger charge is 2.33. The van der Waals surface area contributed by atoms with E-state index in [0.717, 1.165) is 25.7 Å². The quantitative estimate of drug-likeness (QED) is 0.871. The van der Waals surface area contributed by atoms with Crippen molar-refractivity contribution in [3.05, 3.63) is 28.8 Å². The van der Waals surface area contributed by atoms with Crippen LogP contribution in [-0.4, -0.2) is 55.0 Å². The molecule has 1 aliphatic rings. The van der Waals surface area contributed by atoms with Crippen molar-refractivity contribution < 1.29 is 18.0 Å². The van der Waals surface area contributed by atoms with Gasteiger partial charge in [-0.05, 0) is 24.7 Å². The zero-order valence-corrected chi connectivity index (χ0v) is 14.3. The van der Waals surface area contributed by atoms with Crippen LogP contribution in [0.1, 0.15) is 18.9 Å². The number of benzene rings is 1. The van der Waals surface area contributed by atoms with Crippen LogP contribution in [-0.2, 0) is 11.0 Å². The number of nitrogens with zero attached hydrogens (tertiary/aromatic N) is 2. The monoisotopic (exact) mass is 363 g/mol. The van der Waals surface area contributed by atoms with Crippen molar-refractivity contribution in [1.82, 2.24) is 9.80 Å². The van der Waals surface area contributed by atoms with Crippen LogP contribution >= 0.6 is 11.6 Å². The molecule has 1 heterocycles. The zero-order chi connectivity index (χ0) is 17.7. The summed E-state index contributed by atoms with van der Waals surface area (Å²) < 4.78 is 38.4. The molecule has 0 radical (unpaired) electrons. The Kier molecular flexibility index (Phi) is 6.34. The molecule has 1 aromatic carbocycles. The molecular formula is C16H21ClF3N3O. The van der Waals surface area contributed by atoms with Gasteiger partial charge in [0.05, 0.1) is 10.6 Å². The molecule has 0 bridgehead atoms. The van der Waals surface area contributed by atoms with Crippen molar-refractivity contribution in [3.63, 3.8) is 0 Å². The van der Waals surface area contributed by atoms with E-state index in [-0.39, 0.29) is 23.9 Å². The van der Waals surface area contributed by atoms with Gasteiger partial charge in [-0.3, -0.25) is 4.79 Å². The molecule has 0 unspecified atom stereocenters. The van der Waals surface area contributed by atoms with Crippen LogP contribution in [0.2, 0.25) is 5.02 Å². The molecule has 24 heavy (non-hydrogen) atoms. The number of hydrogen-bond acceptors (Lipinski definition) is 3. The topological polar surface area (TPSA) is 35.6 Å². The third-order valence-electron chi connectivity index (χ3n) is 4.11. The number of rotatable bonds is 5. The summed E-state index contributed by atoms with van der Waals surface area (Å²) in [6, 6.07) is 3.65. The number of hydrogen-bond donors (Lipinski definition) is 1. The van der Waals surface area contributed by atoms with Crippen LogP contribution in [0.3, 0.4) is 0 Å². The number of carbonyl (C=O) groups excluding carboxylic acids is 1. The fourth-order valence-corrected chi connectivity index (χ4v) is 2.86. The second-order valence-corrected chi connectivity index (χ2v) is 6.09. The van der Waals surface area contributed by atoms with Crippen LogP contribution in [0.5, 0.6) is 0 Å². The van der Waals surface area contributed by atoms with Gasteiger partial charge in [0, 0.05) is 44.8 Å². The first kappa shape index (κ1) is 18.9. The second-order valence-electron chi connectivity index (χ2n) is 5.68. The van der Waals surface area contributed by atoms with Crippen LogP contribution in [0.25, 0.3) is 0 Å². The van der Waals surface area contributed by atoms with Gasteiger partial charge in [-0.15, -0.1) is 0 Å². The average molecular weight is 364 g/mol. The van der Waals surface area contributed by atoms with Crippen LogP contribution < -0.4 is 5.32 Å². The summed E-state index contributed by atoms with van der Waals surface area (Å²) in [5.74, 6) is 0.0169. The molecular weight excluding hydrogens is 343 g/mol. The summed E-state index contributed by atoms with van der Waals surface area (Å²) in [5, 5.41) is 2.52. The number of alkyl halides is 3. The highest BCUT2D eigenvalue weighted by Crippen LogP contribution is 2.36. The van der Waals surface area contributed by atoms with E-state index in [9.17, 15) is 18.0 Å². The average Bonchev–Trinajstić information content (AvgIpc) is 2.55. The van der Waals surface area contributed by atoms with E-state index < -0.39 is 11.7 Å². The van der Waals surface area contributed by atoms with Crippen molar-refractivity contribution in [2.75, 3.05) is 44.6 Å². The molecule has 8 heteroatoms. The summed E-state index contributed by atoms with van der Waals surface area (Å²) in [6.45, 7) is 6.47. The molecule has 0 atom stereocenters. The lowest BCUT2D eigenvalue weighted by molar-refractivity contribution is -0.137. The van der Waals surface area contributed by atoms with Crippen molar-refractivity contribution in [2.24, 2.45) is 0 Å². The van der Waals surface area contributed by atoms with E-state index in [1.165, 1.54) is 12.1 Å². The Morgan fingerprint density at radius 1 is 1.25 bits per heavy atom. The van der Waals surface area contributed by atoms with Gasteiger partial charge in [-0.25, -0.2) is 0 Å². The van der Waals surface area contributed by atoms with Gasteiger partial charge in [0.1, 0.15) is 0 Å². The molecule has 1 aromatic rings. The molecule has 2 rings (SSSR count). The van der Waals surface area contributed by atoms with Crippen LogP contribution in [0.15, 0.2) is 18.2 Å². The van der Waals surface area contributed by atoms with Gasteiger partial charge in [-0.2, -0.15) is 13.2 Å². The number of amides is 1. The van der Waals surface area contributed by atoms with Gasteiger partial charge in [0.25, 0.3) is 0 Å². The Balaban J connectivity index is 1.83. The molecule has 1 amide bonds. The van der Waals surface area contributed by atoms with Crippen LogP contribution in [0.4, 0.5) is 18.9 Å². The second kappa shape index (κ2) is 8.07. The predicted octanol–water partition coefficient (Wildman–Crippen LogP) is 3.32. The summed E-state index contributed by atoms with van der Waals surface area (Å²) in [5.41, 5.74) is -0.577. The van der Waals surface area contributed by atoms with Crippen molar-refractivity contribution in [2.45, 2.75) is 19.5 Å². The minimum absolute atomic E-state index is 0.0169. The third-order valence-corrected chi connectivity index (χ3v) is 4.44. The molecule has 0 aliphatic carbocycles. The molecule has 1 aliphatic heterocycles. The zero-order valence-electron chi connectivity index (χ0n) is 13.5. The molecule has 1 fully saturated rings. The fraction of sp³-hybridized carbons (Fsp3) is 0.562. The smallest absolute Gasteiger partial charge is 0.385 e. The Labute approximate surface area is 144 Å². The van der Waals surface area contributed by atoms with Gasteiger partial charge >= 0.3 is 6.18 Å². The number of halogens is 4. The standard InChI is InChI=1S/C16H21ClF3N3O/c1-2-22-7-9-23(10-8-22)15(24)5-6-21-12-3-4-14(17)13(11-12)16(18,19)20/h3-4,11,21H,2,5-10H2,1H3. The molecule has 1 saturated heterocycles. The minimum atomic E-state index is -4.50. The maximum absolute atomic E-state index is 12.8. The summed E-state index contributed by atoms with van der Waals surface area (Å²) in [7, 11) is 0. The summed E-state index contributed by atoms with van der Waals surface area (Å²) in [4.78, 5) is 16.2. The van der Waals surface area contributed by atoms with E-state index in [2.05, 4.69) is 17.1 Å². The molecule has 0 spiro atoms. The number of carbonyl (C=O) groups is 1. The molecule has 1 N–H and O–H groups in total. The van der Waals surface area contributed by atoms with E-state index >= 15 is 0 Å². The van der Waals surface area contributed by atoms with Gasteiger partial charge in [0.2, 0.25) is 5.91 Å². The largest absolute Gasteiger partial charge is 0.417 e. The van der Waals surface area contributed by atoms with Gasteiger partial charge < -0.3 is 15.1 Å². The molecule has 0 aromatic heterocycles. The predicted molar refractivity (Wildman–Crippen MR) is 88.3 cm³/mol. The Hall–Kier alpha value is -1.47. The van der Waals surface area contributed by atoms with E-state index in [0.29, 0.717) is 18.8 Å². The minimum Gasteiger partial charge on any atom is -0.385 e. The Bertz CT molecular complexity index is 572. The number of likely N-dealkylation sites (N-methyl/N-ethyl adjacent to an activating group) is 1. The van der Waals surface area contributed by atoms with Gasteiger partial charge in [0.15, 0.2) is 0 Å². The SMILES string of the molecule is CCN1CCN(C(=O)CCNc2ccc(Cl)c(C(F)(F)F)c2)CC1. The fourth-order valence-electron chi connectivity index (χ4n) is 2.64. The molecule has 0 saturated carbocycles. The molecule has 4 nitrogen and oxygen atoms in total. The number of piperazine rings is 1. The summed E-state index contributed by atoms with van der Waals surface area (Å²) in [6.07, 6.45) is -4.25. The molecule has 134 valence electrons. The van der Waals surface area contributed by atoms with Crippen molar-refractivity contribution in [1.29, 1.82) is 0 Å². The highest BCUT2D eigenvalue weighted by atomic mass is 35.5. The highest BCUT2D eigenvalue weighted by molar-refractivity contribution is 6.31. The first-order valence-corrected chi connectivity index (χ1v) is 8.30. The van der Waals surface area contributed by atoms with Crippen molar-refractivity contribution in [3.8, 4) is 0 Å². The lowest BCUT2D eigenvalue weighted by atomic mass is 10.2. The maximum atomic E-state index is 12.8. The maximum Gasteiger partial charge on any atom is 0.417 e. The summed E-state index contributed by atoms with van der Waals surface area (Å²) >= 11 is 5.58. The Morgan fingerprint density at radius 3 is 2.50 bits per heavy atom.